The van der Waals surface area contributed by atoms with E-state index >= 15 is 0 Å². The molecule has 1 aliphatic rings. The van der Waals surface area contributed by atoms with Crippen LogP contribution >= 0.6 is 11.6 Å². The molecule has 22 heavy (non-hydrogen) atoms. The number of aliphatic hydroxyl groups excluding tert-OH is 1. The fourth-order valence-corrected chi connectivity index (χ4v) is 2.27. The van der Waals surface area contributed by atoms with Gasteiger partial charge in [0.25, 0.3) is 0 Å². The van der Waals surface area contributed by atoms with Crippen LogP contribution in [0, 0.1) is 11.3 Å². The first-order valence-electron chi connectivity index (χ1n) is 7.07. The third kappa shape index (κ3) is 3.21. The molecule has 0 spiro atoms. The van der Waals surface area contributed by atoms with Crippen LogP contribution in [0.5, 0.6) is 0 Å². The maximum Gasteiger partial charge on any atom is 0.492 e. The Labute approximate surface area is 136 Å². The van der Waals surface area contributed by atoms with Gasteiger partial charge in [0, 0.05) is 0 Å². The van der Waals surface area contributed by atoms with Gasteiger partial charge in [0.15, 0.2) is 0 Å². The molecule has 0 saturated carbocycles. The zero-order chi connectivity index (χ0) is 16.5. The molecule has 0 unspecified atom stereocenters. The van der Waals surface area contributed by atoms with Gasteiger partial charge in [0.2, 0.25) is 0 Å². The molecule has 0 aromatic heterocycles. The third-order valence-electron chi connectivity index (χ3n) is 4.20. The fraction of sp³-hybridized carbons (Fsp3) is 0.438. The molecule has 0 radical (unpaired) electrons. The van der Waals surface area contributed by atoms with Crippen molar-refractivity contribution in [3.05, 3.63) is 39.8 Å². The second kappa shape index (κ2) is 6.06. The summed E-state index contributed by atoms with van der Waals surface area (Å²) in [5.41, 5.74) is 0.819. The molecule has 1 N–H and O–H groups in total. The van der Waals surface area contributed by atoms with Gasteiger partial charge in [-0.25, -0.2) is 0 Å². The van der Waals surface area contributed by atoms with E-state index < -0.39 is 18.3 Å². The van der Waals surface area contributed by atoms with E-state index in [-0.39, 0.29) is 6.61 Å². The Morgan fingerprint density at radius 1 is 1.32 bits per heavy atom. The second-order valence-electron chi connectivity index (χ2n) is 6.32. The topological polar surface area (TPSA) is 62.5 Å². The van der Waals surface area contributed by atoms with Crippen LogP contribution in [0.4, 0.5) is 0 Å². The maximum absolute atomic E-state index is 9.65. The van der Waals surface area contributed by atoms with Crippen LogP contribution < -0.4 is 0 Å². The van der Waals surface area contributed by atoms with E-state index in [4.69, 9.17) is 26.2 Å². The van der Waals surface area contributed by atoms with Gasteiger partial charge in [0.05, 0.1) is 28.4 Å². The predicted molar refractivity (Wildman–Crippen MR) is 87.3 cm³/mol. The molecule has 0 aliphatic carbocycles. The van der Waals surface area contributed by atoms with E-state index in [0.29, 0.717) is 16.1 Å². The smallest absolute Gasteiger partial charge is 0.400 e. The summed E-state index contributed by atoms with van der Waals surface area (Å²) >= 11 is 5.93. The summed E-state index contributed by atoms with van der Waals surface area (Å²) in [5.74, 6) is 0. The Bertz CT molecular complexity index is 633. The van der Waals surface area contributed by atoms with Gasteiger partial charge in [-0.15, -0.1) is 0 Å². The highest BCUT2D eigenvalue weighted by molar-refractivity contribution is 6.55. The second-order valence-corrected chi connectivity index (χ2v) is 6.72. The normalized spacial score (nSPS) is 20.0. The molecule has 1 fully saturated rings. The van der Waals surface area contributed by atoms with E-state index in [0.717, 1.165) is 5.56 Å². The summed E-state index contributed by atoms with van der Waals surface area (Å²) in [7, 11) is -0.615. The summed E-state index contributed by atoms with van der Waals surface area (Å²) < 4.78 is 11.9. The van der Waals surface area contributed by atoms with Crippen molar-refractivity contribution in [1.82, 2.24) is 0 Å². The van der Waals surface area contributed by atoms with Gasteiger partial charge in [0.1, 0.15) is 6.07 Å². The van der Waals surface area contributed by atoms with Gasteiger partial charge in [-0.1, -0.05) is 23.7 Å². The highest BCUT2D eigenvalue weighted by atomic mass is 35.5. The van der Waals surface area contributed by atoms with Crippen molar-refractivity contribution in [2.24, 2.45) is 0 Å². The minimum absolute atomic E-state index is 0.193. The summed E-state index contributed by atoms with van der Waals surface area (Å²) in [4.78, 5) is 0. The quantitative estimate of drug-likeness (QED) is 0.869. The van der Waals surface area contributed by atoms with Crippen molar-refractivity contribution in [3.8, 4) is 6.07 Å². The van der Waals surface area contributed by atoms with Crippen LogP contribution in [0.15, 0.2) is 23.7 Å². The van der Waals surface area contributed by atoms with Crippen LogP contribution in [-0.4, -0.2) is 30.0 Å². The van der Waals surface area contributed by atoms with Crippen LogP contribution in [0.2, 0.25) is 5.02 Å². The molecule has 1 aromatic carbocycles. The lowest BCUT2D eigenvalue weighted by Gasteiger charge is -2.32. The summed E-state index contributed by atoms with van der Waals surface area (Å²) in [5, 5.41) is 19.1. The summed E-state index contributed by atoms with van der Waals surface area (Å²) in [6.07, 6.45) is 1.76. The van der Waals surface area contributed by atoms with E-state index in [9.17, 15) is 5.11 Å². The minimum atomic E-state index is -0.615. The largest absolute Gasteiger partial charge is 0.492 e. The molecule has 6 heteroatoms. The molecule has 1 aromatic rings. The first-order valence-corrected chi connectivity index (χ1v) is 7.44. The number of aliphatic hydroxyl groups is 1. The van der Waals surface area contributed by atoms with E-state index in [2.05, 4.69) is 0 Å². The molecule has 0 bridgehead atoms. The fourth-order valence-electron chi connectivity index (χ4n) is 2.12. The lowest BCUT2D eigenvalue weighted by molar-refractivity contribution is 0.00578. The average molecular weight is 320 g/mol. The Kier molecular flexibility index (Phi) is 4.69. The Morgan fingerprint density at radius 3 is 2.41 bits per heavy atom. The molecule has 0 atom stereocenters. The molecular weight excluding hydrogens is 300 g/mol. The lowest BCUT2D eigenvalue weighted by atomic mass is 9.77. The zero-order valence-corrected chi connectivity index (χ0v) is 13.9. The van der Waals surface area contributed by atoms with Crippen LogP contribution in [-0.2, 0) is 9.31 Å². The van der Waals surface area contributed by atoms with E-state index in [1.807, 2.05) is 33.8 Å². The third-order valence-corrected chi connectivity index (χ3v) is 4.53. The molecule has 1 saturated heterocycles. The number of benzene rings is 1. The number of nitrogens with zero attached hydrogens (tertiary/aromatic N) is 1. The number of nitriles is 1. The first-order chi connectivity index (χ1) is 10.2. The number of hydrogen-bond acceptors (Lipinski definition) is 4. The predicted octanol–water partition coefficient (Wildman–Crippen LogP) is 3.22. The van der Waals surface area contributed by atoms with Crippen molar-refractivity contribution in [2.45, 2.75) is 38.9 Å². The summed E-state index contributed by atoms with van der Waals surface area (Å²) in [6, 6.07) is 7.15. The number of hydrogen-bond donors (Lipinski definition) is 1. The molecule has 116 valence electrons. The van der Waals surface area contributed by atoms with Gasteiger partial charge >= 0.3 is 7.12 Å². The molecule has 2 rings (SSSR count). The molecular formula is C16H19BClNO3. The van der Waals surface area contributed by atoms with Crippen molar-refractivity contribution in [1.29, 1.82) is 5.26 Å². The zero-order valence-electron chi connectivity index (χ0n) is 13.2. The van der Waals surface area contributed by atoms with Gasteiger partial charge in [-0.2, -0.15) is 5.26 Å². The van der Waals surface area contributed by atoms with Crippen molar-refractivity contribution < 1.29 is 14.4 Å². The van der Waals surface area contributed by atoms with Crippen molar-refractivity contribution in [3.63, 3.8) is 0 Å². The van der Waals surface area contributed by atoms with Crippen LogP contribution in [0.25, 0.3) is 6.08 Å². The van der Waals surface area contributed by atoms with E-state index in [1.54, 1.807) is 24.3 Å². The van der Waals surface area contributed by atoms with Crippen LogP contribution in [0.3, 0.4) is 0 Å². The highest BCUT2D eigenvalue weighted by Gasteiger charge is 2.52. The maximum atomic E-state index is 9.65. The highest BCUT2D eigenvalue weighted by Crippen LogP contribution is 2.38. The van der Waals surface area contributed by atoms with Crippen molar-refractivity contribution in [2.75, 3.05) is 6.61 Å². The Hall–Kier alpha value is -1.32. The van der Waals surface area contributed by atoms with Crippen molar-refractivity contribution >= 4 is 24.8 Å². The van der Waals surface area contributed by atoms with Gasteiger partial charge < -0.3 is 14.4 Å². The molecule has 1 aliphatic heterocycles. The minimum Gasteiger partial charge on any atom is -0.400 e. The Morgan fingerprint density at radius 2 is 1.91 bits per heavy atom. The monoisotopic (exact) mass is 319 g/mol. The van der Waals surface area contributed by atoms with Crippen LogP contribution in [0.1, 0.15) is 38.8 Å². The van der Waals surface area contributed by atoms with E-state index in [1.165, 1.54) is 0 Å². The first kappa shape index (κ1) is 17.0. The molecule has 1 heterocycles. The Balaban J connectivity index is 2.32. The summed E-state index contributed by atoms with van der Waals surface area (Å²) in [6.45, 7) is 7.63. The molecule has 4 nitrogen and oxygen atoms in total. The average Bonchev–Trinajstić information content (AvgIpc) is 2.66. The number of rotatable bonds is 3. The lowest BCUT2D eigenvalue weighted by Crippen LogP contribution is -2.41. The number of halogens is 1. The SMILES string of the molecule is CC1(C)OB(C(=Cc2ccc(Cl)c(C#N)c2)CO)OC1(C)C. The molecule has 0 amide bonds. The standard InChI is InChI=1S/C16H19BClNO3/c1-15(2)16(3,4)22-17(21-15)13(10-20)8-11-5-6-14(18)12(7-11)9-19/h5-8,20H,10H2,1-4H3. The van der Waals surface area contributed by atoms with Gasteiger partial charge in [-0.05, 0) is 50.9 Å². The van der Waals surface area contributed by atoms with Gasteiger partial charge in [-0.3, -0.25) is 0 Å².